The molecule has 0 unspecified atom stereocenters. The van der Waals surface area contributed by atoms with Crippen molar-refractivity contribution < 1.29 is 9.90 Å². The molecule has 0 spiro atoms. The minimum Gasteiger partial charge on any atom is -0.392 e. The summed E-state index contributed by atoms with van der Waals surface area (Å²) in [7, 11) is 0. The van der Waals surface area contributed by atoms with E-state index in [9.17, 15) is 9.90 Å². The number of amides is 1. The predicted molar refractivity (Wildman–Crippen MR) is 184 cm³/mol. The number of aliphatic hydroxyl groups is 1. The summed E-state index contributed by atoms with van der Waals surface area (Å²) in [6, 6.07) is 13.2. The summed E-state index contributed by atoms with van der Waals surface area (Å²) in [4.78, 5) is 24.5. The Kier molecular flexibility index (Phi) is 9.57. The Balaban J connectivity index is 1.22. The second-order valence-corrected chi connectivity index (χ2v) is 13.3. The number of carbonyl (C=O) groups is 1. The molecule has 0 aliphatic carbocycles. The van der Waals surface area contributed by atoms with Gasteiger partial charge in [0.2, 0.25) is 5.91 Å². The molecular weight excluding hydrogens is 618 g/mol. The number of aliphatic imine (C=N–C) groups is 1. The molecule has 0 bridgehead atoms. The number of unbranched alkanes of at least 4 members (excludes halogenated alkanes) is 1. The van der Waals surface area contributed by atoms with Crippen molar-refractivity contribution in [1.29, 1.82) is 0 Å². The van der Waals surface area contributed by atoms with Crippen LogP contribution in [0.25, 0.3) is 5.00 Å². The van der Waals surface area contributed by atoms with E-state index in [1.54, 1.807) is 11.3 Å². The number of anilines is 1. The third-order valence-corrected chi connectivity index (χ3v) is 10.2. The summed E-state index contributed by atoms with van der Waals surface area (Å²) < 4.78 is 2.08. The zero-order chi connectivity index (χ0) is 32.4. The Morgan fingerprint density at radius 1 is 1.09 bits per heavy atom. The minimum absolute atomic E-state index is 0.0355. The van der Waals surface area contributed by atoms with Crippen molar-refractivity contribution in [3.63, 3.8) is 0 Å². The monoisotopic (exact) mass is 655 g/mol. The molecule has 6 rings (SSSR count). The summed E-state index contributed by atoms with van der Waals surface area (Å²) in [5, 5.41) is 20.7. The predicted octanol–water partition coefficient (Wildman–Crippen LogP) is 5.12. The van der Waals surface area contributed by atoms with E-state index in [0.717, 1.165) is 62.9 Å². The van der Waals surface area contributed by atoms with E-state index >= 15 is 0 Å². The van der Waals surface area contributed by atoms with E-state index in [1.807, 2.05) is 54.3 Å². The number of piperazine rings is 1. The molecule has 4 heterocycles. The SMILES string of the molecule is Cc1sc2c(c1C)C(c1ccc(Cl)cc1)=N[C@@H](CC(=O)N1CCN(c3ccc(C#CCCCN)c(CO)c3)CC1)c1nnc(C)n1-2. The Hall–Kier alpha value is -4.01. The van der Waals surface area contributed by atoms with Gasteiger partial charge in [-0.3, -0.25) is 14.4 Å². The number of thiophene rings is 1. The fraction of sp³-hybridized carbons (Fsp3) is 0.371. The highest BCUT2D eigenvalue weighted by Crippen LogP contribution is 2.40. The van der Waals surface area contributed by atoms with Crippen LogP contribution in [-0.4, -0.2) is 69.1 Å². The highest BCUT2D eigenvalue weighted by Gasteiger charge is 2.34. The van der Waals surface area contributed by atoms with Gasteiger partial charge < -0.3 is 20.6 Å². The normalized spacial score (nSPS) is 15.9. The molecule has 9 nitrogen and oxygen atoms in total. The van der Waals surface area contributed by atoms with Gasteiger partial charge in [-0.1, -0.05) is 35.6 Å². The van der Waals surface area contributed by atoms with E-state index in [-0.39, 0.29) is 18.9 Å². The quantitative estimate of drug-likeness (QED) is 0.211. The molecule has 238 valence electrons. The summed E-state index contributed by atoms with van der Waals surface area (Å²) >= 11 is 7.94. The number of carbonyl (C=O) groups excluding carboxylic acids is 1. The second kappa shape index (κ2) is 13.8. The molecule has 2 aliphatic rings. The van der Waals surface area contributed by atoms with Gasteiger partial charge in [0.25, 0.3) is 0 Å². The molecule has 11 heteroatoms. The summed E-state index contributed by atoms with van der Waals surface area (Å²) in [6.45, 7) is 9.27. The molecule has 46 heavy (non-hydrogen) atoms. The lowest BCUT2D eigenvalue weighted by Gasteiger charge is -2.36. The number of aliphatic hydroxyl groups excluding tert-OH is 1. The minimum atomic E-state index is -0.498. The Morgan fingerprint density at radius 2 is 1.85 bits per heavy atom. The molecule has 2 aromatic heterocycles. The van der Waals surface area contributed by atoms with Gasteiger partial charge in [0, 0.05) is 64.9 Å². The average Bonchev–Trinajstić information content (AvgIpc) is 3.55. The maximum Gasteiger partial charge on any atom is 0.225 e. The van der Waals surface area contributed by atoms with Crippen LogP contribution in [0.5, 0.6) is 0 Å². The number of nitrogens with zero attached hydrogens (tertiary/aromatic N) is 6. The molecule has 1 saturated heterocycles. The van der Waals surface area contributed by atoms with Gasteiger partial charge in [0.15, 0.2) is 5.82 Å². The van der Waals surface area contributed by atoms with Crippen molar-refractivity contribution in [3.8, 4) is 16.8 Å². The number of hydrogen-bond acceptors (Lipinski definition) is 8. The third-order valence-electron chi connectivity index (χ3n) is 8.71. The number of aryl methyl sites for hydroxylation is 2. The molecule has 4 aromatic rings. The van der Waals surface area contributed by atoms with Crippen LogP contribution in [0.4, 0.5) is 5.69 Å². The first-order valence-corrected chi connectivity index (χ1v) is 16.8. The first-order valence-electron chi connectivity index (χ1n) is 15.6. The number of halogens is 1. The molecule has 3 N–H and O–H groups in total. The van der Waals surface area contributed by atoms with Crippen molar-refractivity contribution in [1.82, 2.24) is 19.7 Å². The van der Waals surface area contributed by atoms with E-state index < -0.39 is 6.04 Å². The maximum atomic E-state index is 13.9. The van der Waals surface area contributed by atoms with Crippen LogP contribution in [0, 0.1) is 32.6 Å². The zero-order valence-corrected chi connectivity index (χ0v) is 28.0. The smallest absolute Gasteiger partial charge is 0.225 e. The van der Waals surface area contributed by atoms with Crippen LogP contribution in [0.15, 0.2) is 47.5 Å². The lowest BCUT2D eigenvalue weighted by atomic mass is 9.99. The summed E-state index contributed by atoms with van der Waals surface area (Å²) in [5.41, 5.74) is 12.2. The zero-order valence-electron chi connectivity index (χ0n) is 26.4. The van der Waals surface area contributed by atoms with Gasteiger partial charge >= 0.3 is 0 Å². The fourth-order valence-electron chi connectivity index (χ4n) is 6.02. The van der Waals surface area contributed by atoms with Crippen molar-refractivity contribution in [3.05, 3.63) is 91.8 Å². The van der Waals surface area contributed by atoms with Gasteiger partial charge in [-0.05, 0) is 75.2 Å². The number of fused-ring (bicyclic) bond motifs is 3. The van der Waals surface area contributed by atoms with Crippen molar-refractivity contribution >= 4 is 40.2 Å². The van der Waals surface area contributed by atoms with E-state index in [0.29, 0.717) is 43.6 Å². The first kappa shape index (κ1) is 32.0. The van der Waals surface area contributed by atoms with E-state index in [1.165, 1.54) is 4.88 Å². The van der Waals surface area contributed by atoms with Crippen molar-refractivity contribution in [2.45, 2.75) is 52.7 Å². The van der Waals surface area contributed by atoms with Gasteiger partial charge in [0.1, 0.15) is 16.9 Å². The lowest BCUT2D eigenvalue weighted by molar-refractivity contribution is -0.131. The van der Waals surface area contributed by atoms with Crippen LogP contribution >= 0.6 is 22.9 Å². The number of nitrogens with two attached hydrogens (primary N) is 1. The molecular formula is C35H38ClN7O2S. The summed E-state index contributed by atoms with van der Waals surface area (Å²) in [5.74, 6) is 7.79. The number of benzene rings is 2. The Labute approximate surface area is 278 Å². The van der Waals surface area contributed by atoms with Crippen LogP contribution in [0.3, 0.4) is 0 Å². The van der Waals surface area contributed by atoms with Gasteiger partial charge in [-0.15, -0.1) is 21.5 Å². The maximum absolute atomic E-state index is 13.9. The standard InChI is InChI=1S/C35H38ClN7O2S/c1-22-23(2)46-35-32(22)33(26-8-11-28(36)12-9-26)38-30(34-40-39-24(3)43(34)35)20-31(45)42-17-15-41(16-18-42)29-13-10-25(27(19-29)21-44)7-5-4-6-14-37/h8-13,19,30,44H,4,6,14-18,20-21,37H2,1-3H3/t30-/m0/s1. The van der Waals surface area contributed by atoms with E-state index in [2.05, 4.69) is 45.4 Å². The topological polar surface area (TPSA) is 113 Å². The van der Waals surface area contributed by atoms with Crippen LogP contribution < -0.4 is 10.6 Å². The molecule has 0 radical (unpaired) electrons. The molecule has 2 aromatic carbocycles. The van der Waals surface area contributed by atoms with Gasteiger partial charge in [0.05, 0.1) is 18.7 Å². The number of hydrogen-bond donors (Lipinski definition) is 2. The highest BCUT2D eigenvalue weighted by atomic mass is 35.5. The molecule has 1 amide bonds. The largest absolute Gasteiger partial charge is 0.392 e. The average molecular weight is 656 g/mol. The fourth-order valence-corrected chi connectivity index (χ4v) is 7.36. The van der Waals surface area contributed by atoms with E-state index in [4.69, 9.17) is 22.3 Å². The molecule has 2 aliphatic heterocycles. The highest BCUT2D eigenvalue weighted by molar-refractivity contribution is 7.15. The van der Waals surface area contributed by atoms with Crippen LogP contribution in [-0.2, 0) is 11.4 Å². The van der Waals surface area contributed by atoms with Crippen LogP contribution in [0.1, 0.15) is 69.6 Å². The number of aromatic nitrogens is 3. The second-order valence-electron chi connectivity index (χ2n) is 11.7. The molecule has 1 fully saturated rings. The first-order chi connectivity index (χ1) is 22.3. The molecule has 1 atom stereocenters. The number of rotatable bonds is 7. The van der Waals surface area contributed by atoms with Crippen LogP contribution in [0.2, 0.25) is 5.02 Å². The Morgan fingerprint density at radius 3 is 2.57 bits per heavy atom. The summed E-state index contributed by atoms with van der Waals surface area (Å²) in [6.07, 6.45) is 1.78. The van der Waals surface area contributed by atoms with Gasteiger partial charge in [-0.2, -0.15) is 0 Å². The Bertz CT molecular complexity index is 1840. The van der Waals surface area contributed by atoms with Gasteiger partial charge in [-0.25, -0.2) is 0 Å². The van der Waals surface area contributed by atoms with Crippen molar-refractivity contribution in [2.24, 2.45) is 10.7 Å². The molecule has 0 saturated carbocycles. The van der Waals surface area contributed by atoms with Crippen molar-refractivity contribution in [2.75, 3.05) is 37.6 Å². The lowest BCUT2D eigenvalue weighted by Crippen LogP contribution is -2.49. The third kappa shape index (κ3) is 6.33.